The number of unbranched alkanes of at least 4 members (excludes halogenated alkanes) is 1. The number of benzene rings is 2. The maximum absolute atomic E-state index is 12.4. The van der Waals surface area contributed by atoms with E-state index in [2.05, 4.69) is 19.2 Å². The van der Waals surface area contributed by atoms with Crippen molar-refractivity contribution >= 4 is 21.6 Å². The fourth-order valence-electron chi connectivity index (χ4n) is 3.61. The lowest BCUT2D eigenvalue weighted by atomic mass is 9.99. The van der Waals surface area contributed by atoms with Gasteiger partial charge >= 0.3 is 0 Å². The molecule has 0 aliphatic rings. The lowest BCUT2D eigenvalue weighted by molar-refractivity contribution is -0.121. The van der Waals surface area contributed by atoms with Gasteiger partial charge in [-0.05, 0) is 48.6 Å². The number of nitrogens with zero attached hydrogens (tertiary/aromatic N) is 1. The van der Waals surface area contributed by atoms with Crippen molar-refractivity contribution in [3.63, 3.8) is 0 Å². The Morgan fingerprint density at radius 2 is 1.73 bits per heavy atom. The molecule has 2 aromatic carbocycles. The van der Waals surface area contributed by atoms with Crippen LogP contribution in [0.1, 0.15) is 57.9 Å². The maximum Gasteiger partial charge on any atom is 0.232 e. The number of hydrogen-bond acceptors (Lipinski definition) is 4. The van der Waals surface area contributed by atoms with Crippen molar-refractivity contribution in [2.75, 3.05) is 23.7 Å². The molecule has 0 aliphatic heterocycles. The quantitative estimate of drug-likeness (QED) is 0.388. The van der Waals surface area contributed by atoms with Crippen molar-refractivity contribution < 1.29 is 17.9 Å². The third-order valence-corrected chi connectivity index (χ3v) is 6.86. The van der Waals surface area contributed by atoms with Crippen LogP contribution in [0.5, 0.6) is 5.75 Å². The van der Waals surface area contributed by atoms with Gasteiger partial charge in [0.15, 0.2) is 0 Å². The van der Waals surface area contributed by atoms with Crippen molar-refractivity contribution in [2.45, 2.75) is 59.0 Å². The standard InChI is InChI=1S/C26H38N2O4S/c1-4-6-11-22(5-2)20-27-26(29)14-10-19-28(33(3,30)31)24-15-17-25(18-16-24)32-21-23-12-8-7-9-13-23/h7-9,12-13,15-18,22H,4-6,10-11,14,19-21H2,1-3H3,(H,27,29)/t22-/m0/s1. The second-order valence-corrected chi connectivity index (χ2v) is 10.3. The molecule has 182 valence electrons. The molecule has 33 heavy (non-hydrogen) atoms. The molecular formula is C26H38N2O4S. The van der Waals surface area contributed by atoms with Crippen LogP contribution in [0.25, 0.3) is 0 Å². The second kappa shape index (κ2) is 13.9. The van der Waals surface area contributed by atoms with Crippen molar-refractivity contribution in [2.24, 2.45) is 5.92 Å². The summed E-state index contributed by atoms with van der Waals surface area (Å²) in [5.41, 5.74) is 1.63. The largest absolute Gasteiger partial charge is 0.489 e. The van der Waals surface area contributed by atoms with E-state index < -0.39 is 10.0 Å². The molecule has 0 radical (unpaired) electrons. The first-order valence-corrected chi connectivity index (χ1v) is 13.7. The van der Waals surface area contributed by atoms with Gasteiger partial charge in [0, 0.05) is 19.5 Å². The lowest BCUT2D eigenvalue weighted by Crippen LogP contribution is -2.33. The molecule has 1 N–H and O–H groups in total. The smallest absolute Gasteiger partial charge is 0.232 e. The molecule has 7 heteroatoms. The topological polar surface area (TPSA) is 75.7 Å². The molecule has 0 fully saturated rings. The van der Waals surface area contributed by atoms with E-state index in [1.807, 2.05) is 30.3 Å². The Balaban J connectivity index is 1.86. The van der Waals surface area contributed by atoms with Crippen LogP contribution in [0.3, 0.4) is 0 Å². The van der Waals surface area contributed by atoms with E-state index in [1.165, 1.54) is 17.0 Å². The SMILES string of the molecule is CCCC[C@H](CC)CNC(=O)CCCN(c1ccc(OCc2ccccc2)cc1)S(C)(=O)=O. The van der Waals surface area contributed by atoms with E-state index in [0.29, 0.717) is 43.3 Å². The van der Waals surface area contributed by atoms with Crippen LogP contribution < -0.4 is 14.4 Å². The van der Waals surface area contributed by atoms with Gasteiger partial charge in [-0.3, -0.25) is 9.10 Å². The first kappa shape index (κ1) is 26.7. The summed E-state index contributed by atoms with van der Waals surface area (Å²) in [6.45, 7) is 5.71. The molecule has 0 bridgehead atoms. The monoisotopic (exact) mass is 474 g/mol. The highest BCUT2D eigenvalue weighted by atomic mass is 32.2. The van der Waals surface area contributed by atoms with Gasteiger partial charge in [0.05, 0.1) is 11.9 Å². The highest BCUT2D eigenvalue weighted by Gasteiger charge is 2.18. The first-order valence-electron chi connectivity index (χ1n) is 11.8. The number of carbonyl (C=O) groups excluding carboxylic acids is 1. The molecule has 0 aromatic heterocycles. The summed E-state index contributed by atoms with van der Waals surface area (Å²) < 4.78 is 31.8. The van der Waals surface area contributed by atoms with E-state index >= 15 is 0 Å². The van der Waals surface area contributed by atoms with Crippen LogP contribution in [0.4, 0.5) is 5.69 Å². The van der Waals surface area contributed by atoms with Gasteiger partial charge in [0.25, 0.3) is 0 Å². The van der Waals surface area contributed by atoms with Crippen LogP contribution in [0.15, 0.2) is 54.6 Å². The summed E-state index contributed by atoms with van der Waals surface area (Å²) in [4.78, 5) is 12.2. The van der Waals surface area contributed by atoms with E-state index in [-0.39, 0.29) is 12.5 Å². The Morgan fingerprint density at radius 1 is 1.03 bits per heavy atom. The number of rotatable bonds is 15. The number of anilines is 1. The summed E-state index contributed by atoms with van der Waals surface area (Å²) in [5.74, 6) is 1.15. The zero-order valence-electron chi connectivity index (χ0n) is 20.1. The molecule has 2 rings (SSSR count). The molecular weight excluding hydrogens is 436 g/mol. The summed E-state index contributed by atoms with van der Waals surface area (Å²) >= 11 is 0. The predicted octanol–water partition coefficient (Wildman–Crippen LogP) is 5.14. The average Bonchev–Trinajstić information content (AvgIpc) is 2.81. The number of nitrogens with one attached hydrogen (secondary N) is 1. The van der Waals surface area contributed by atoms with Crippen LogP contribution in [0, 0.1) is 5.92 Å². The van der Waals surface area contributed by atoms with E-state index in [0.717, 1.165) is 24.8 Å². The Hall–Kier alpha value is -2.54. The number of hydrogen-bond donors (Lipinski definition) is 1. The molecule has 0 spiro atoms. The average molecular weight is 475 g/mol. The van der Waals surface area contributed by atoms with Gasteiger partial charge in [0.1, 0.15) is 12.4 Å². The minimum atomic E-state index is -3.46. The molecule has 6 nitrogen and oxygen atoms in total. The normalized spacial score (nSPS) is 12.2. The molecule has 0 saturated carbocycles. The fraction of sp³-hybridized carbons (Fsp3) is 0.500. The second-order valence-electron chi connectivity index (χ2n) is 8.43. The van der Waals surface area contributed by atoms with E-state index in [1.54, 1.807) is 24.3 Å². The van der Waals surface area contributed by atoms with Gasteiger partial charge < -0.3 is 10.1 Å². The molecule has 0 heterocycles. The molecule has 2 aromatic rings. The molecule has 0 aliphatic carbocycles. The maximum atomic E-state index is 12.4. The molecule has 1 atom stereocenters. The Morgan fingerprint density at radius 3 is 2.33 bits per heavy atom. The summed E-state index contributed by atoms with van der Waals surface area (Å²) in [6.07, 6.45) is 6.45. The van der Waals surface area contributed by atoms with Crippen molar-refractivity contribution in [1.29, 1.82) is 0 Å². The van der Waals surface area contributed by atoms with Crippen LogP contribution >= 0.6 is 0 Å². The predicted molar refractivity (Wildman–Crippen MR) is 135 cm³/mol. The summed E-state index contributed by atoms with van der Waals surface area (Å²) in [6, 6.07) is 16.9. The first-order chi connectivity index (χ1) is 15.8. The third kappa shape index (κ3) is 9.86. The number of ether oxygens (including phenoxy) is 1. The highest BCUT2D eigenvalue weighted by molar-refractivity contribution is 7.92. The summed E-state index contributed by atoms with van der Waals surface area (Å²) in [5, 5.41) is 3.01. The van der Waals surface area contributed by atoms with Crippen molar-refractivity contribution in [1.82, 2.24) is 5.32 Å². The summed E-state index contributed by atoms with van der Waals surface area (Å²) in [7, 11) is -3.46. The molecule has 1 amide bonds. The highest BCUT2D eigenvalue weighted by Crippen LogP contribution is 2.23. The Labute approximate surface area is 199 Å². The fourth-order valence-corrected chi connectivity index (χ4v) is 4.57. The number of amides is 1. The van der Waals surface area contributed by atoms with Crippen LogP contribution in [-0.4, -0.2) is 33.7 Å². The van der Waals surface area contributed by atoms with Gasteiger partial charge in [0.2, 0.25) is 15.9 Å². The minimum absolute atomic E-state index is 0.0249. The Kier molecular flexibility index (Phi) is 11.2. The van der Waals surface area contributed by atoms with Crippen LogP contribution in [0.2, 0.25) is 0 Å². The van der Waals surface area contributed by atoms with E-state index in [4.69, 9.17) is 4.74 Å². The minimum Gasteiger partial charge on any atom is -0.489 e. The number of sulfonamides is 1. The van der Waals surface area contributed by atoms with Crippen molar-refractivity contribution in [3.8, 4) is 5.75 Å². The zero-order chi connectivity index (χ0) is 24.1. The molecule has 0 unspecified atom stereocenters. The molecule has 0 saturated heterocycles. The van der Waals surface area contributed by atoms with Crippen molar-refractivity contribution in [3.05, 3.63) is 60.2 Å². The zero-order valence-corrected chi connectivity index (χ0v) is 20.9. The van der Waals surface area contributed by atoms with Gasteiger partial charge in [-0.2, -0.15) is 0 Å². The lowest BCUT2D eigenvalue weighted by Gasteiger charge is -2.22. The third-order valence-electron chi connectivity index (χ3n) is 5.67. The van der Waals surface area contributed by atoms with Gasteiger partial charge in [-0.15, -0.1) is 0 Å². The Bertz CT molecular complexity index is 931. The number of carbonyl (C=O) groups is 1. The van der Waals surface area contributed by atoms with E-state index in [9.17, 15) is 13.2 Å². The van der Waals surface area contributed by atoms with Gasteiger partial charge in [-0.1, -0.05) is 63.4 Å². The van der Waals surface area contributed by atoms with Gasteiger partial charge in [-0.25, -0.2) is 8.42 Å². The van der Waals surface area contributed by atoms with Crippen LogP contribution in [-0.2, 0) is 21.4 Å².